The fourth-order valence-corrected chi connectivity index (χ4v) is 2.07. The summed E-state index contributed by atoms with van der Waals surface area (Å²) in [6.07, 6.45) is 1.93. The molecule has 18 heavy (non-hydrogen) atoms. The Morgan fingerprint density at radius 3 is 2.56 bits per heavy atom. The van der Waals surface area contributed by atoms with Gasteiger partial charge in [-0.1, -0.05) is 24.6 Å². The maximum atomic E-state index is 4.49. The van der Waals surface area contributed by atoms with Crippen LogP contribution < -0.4 is 5.32 Å². The summed E-state index contributed by atoms with van der Waals surface area (Å²) < 4.78 is 0.815. The number of rotatable bonds is 4. The van der Waals surface area contributed by atoms with E-state index in [-0.39, 0.29) is 0 Å². The Labute approximate surface area is 116 Å². The van der Waals surface area contributed by atoms with Crippen LogP contribution in [0.25, 0.3) is 0 Å². The maximum absolute atomic E-state index is 4.49. The Hall–Kier alpha value is -1.42. The van der Waals surface area contributed by atoms with E-state index < -0.39 is 0 Å². The topological polar surface area (TPSA) is 37.8 Å². The molecule has 0 aliphatic carbocycles. The van der Waals surface area contributed by atoms with Crippen molar-refractivity contribution in [3.05, 3.63) is 46.3 Å². The van der Waals surface area contributed by atoms with Gasteiger partial charge in [0.15, 0.2) is 0 Å². The van der Waals surface area contributed by atoms with Gasteiger partial charge in [-0.05, 0) is 41.4 Å². The highest BCUT2D eigenvalue weighted by atomic mass is 79.9. The van der Waals surface area contributed by atoms with Crippen molar-refractivity contribution in [1.29, 1.82) is 0 Å². The van der Waals surface area contributed by atoms with Gasteiger partial charge in [0.1, 0.15) is 16.2 Å². The van der Waals surface area contributed by atoms with Gasteiger partial charge in [-0.3, -0.25) is 0 Å². The van der Waals surface area contributed by atoms with Crippen molar-refractivity contribution in [2.24, 2.45) is 0 Å². The lowest BCUT2D eigenvalue weighted by Crippen LogP contribution is -2.00. The third kappa shape index (κ3) is 3.53. The average Bonchev–Trinajstić information content (AvgIpc) is 2.32. The van der Waals surface area contributed by atoms with Crippen LogP contribution in [0.1, 0.15) is 24.7 Å². The van der Waals surface area contributed by atoms with Gasteiger partial charge < -0.3 is 5.32 Å². The Morgan fingerprint density at radius 2 is 1.89 bits per heavy atom. The van der Waals surface area contributed by atoms with E-state index in [1.54, 1.807) is 0 Å². The molecule has 2 aromatic rings. The summed E-state index contributed by atoms with van der Waals surface area (Å²) in [4.78, 5) is 8.83. The molecular formula is C14H16BrN3. The molecule has 0 bridgehead atoms. The van der Waals surface area contributed by atoms with Crippen molar-refractivity contribution in [3.8, 4) is 0 Å². The van der Waals surface area contributed by atoms with Gasteiger partial charge in [0.05, 0.1) is 0 Å². The van der Waals surface area contributed by atoms with E-state index in [4.69, 9.17) is 0 Å². The quantitative estimate of drug-likeness (QED) is 0.858. The van der Waals surface area contributed by atoms with Gasteiger partial charge in [0, 0.05) is 18.2 Å². The minimum absolute atomic E-state index is 0.815. The predicted molar refractivity (Wildman–Crippen MR) is 78.2 cm³/mol. The molecule has 0 amide bonds. The molecule has 0 spiro atoms. The summed E-state index contributed by atoms with van der Waals surface area (Å²) in [5.41, 5.74) is 2.28. The van der Waals surface area contributed by atoms with E-state index in [9.17, 15) is 0 Å². The van der Waals surface area contributed by atoms with Crippen molar-refractivity contribution < 1.29 is 0 Å². The fourth-order valence-electron chi connectivity index (χ4n) is 1.65. The number of anilines is 2. The first kappa shape index (κ1) is 13.0. The number of nitrogens with zero attached hydrogens (tertiary/aromatic N) is 2. The van der Waals surface area contributed by atoms with Gasteiger partial charge in [0.2, 0.25) is 0 Å². The van der Waals surface area contributed by atoms with Crippen LogP contribution in [-0.2, 0) is 6.42 Å². The molecular weight excluding hydrogens is 290 g/mol. The zero-order valence-electron chi connectivity index (χ0n) is 10.6. The predicted octanol–water partition coefficient (Wildman–Crippen LogP) is 4.24. The molecule has 0 fully saturated rings. The second-order valence-corrected chi connectivity index (χ2v) is 5.05. The van der Waals surface area contributed by atoms with Gasteiger partial charge in [0.25, 0.3) is 0 Å². The van der Waals surface area contributed by atoms with Crippen molar-refractivity contribution >= 4 is 27.4 Å². The Kier molecular flexibility index (Phi) is 4.31. The highest BCUT2D eigenvalue weighted by Gasteiger charge is 2.02. The molecule has 2 rings (SSSR count). The summed E-state index contributed by atoms with van der Waals surface area (Å²) >= 11 is 3.42. The number of aryl methyl sites for hydroxylation is 2. The Balaban J connectivity index is 2.20. The first-order chi connectivity index (χ1) is 8.67. The second kappa shape index (κ2) is 5.96. The average molecular weight is 306 g/mol. The molecule has 1 N–H and O–H groups in total. The molecule has 4 heteroatoms. The highest BCUT2D eigenvalue weighted by molar-refractivity contribution is 9.10. The van der Waals surface area contributed by atoms with Crippen LogP contribution in [0.4, 0.5) is 11.5 Å². The summed E-state index contributed by atoms with van der Waals surface area (Å²) in [6, 6.07) is 10.1. The summed E-state index contributed by atoms with van der Waals surface area (Å²) in [5.74, 6) is 1.69. The fraction of sp³-hybridized carbons (Fsp3) is 0.286. The molecule has 0 aliphatic heterocycles. The number of aromatic nitrogens is 2. The SMILES string of the molecule is CCCc1nc(Br)cc(Nc2ccc(C)cc2)n1. The monoisotopic (exact) mass is 305 g/mol. The molecule has 94 valence electrons. The summed E-state index contributed by atoms with van der Waals surface area (Å²) in [6.45, 7) is 4.20. The van der Waals surface area contributed by atoms with E-state index in [1.807, 2.05) is 18.2 Å². The summed E-state index contributed by atoms with van der Waals surface area (Å²) in [5, 5.41) is 3.29. The number of halogens is 1. The normalized spacial score (nSPS) is 10.4. The van der Waals surface area contributed by atoms with Crippen molar-refractivity contribution in [2.45, 2.75) is 26.7 Å². The van der Waals surface area contributed by atoms with Crippen LogP contribution in [0.15, 0.2) is 34.9 Å². The molecule has 0 unspecified atom stereocenters. The Morgan fingerprint density at radius 1 is 1.17 bits per heavy atom. The zero-order valence-corrected chi connectivity index (χ0v) is 12.2. The number of hydrogen-bond acceptors (Lipinski definition) is 3. The maximum Gasteiger partial charge on any atom is 0.135 e. The second-order valence-electron chi connectivity index (χ2n) is 4.23. The van der Waals surface area contributed by atoms with Crippen molar-refractivity contribution in [3.63, 3.8) is 0 Å². The van der Waals surface area contributed by atoms with Crippen molar-refractivity contribution in [2.75, 3.05) is 5.32 Å². The standard InChI is InChI=1S/C14H16BrN3/c1-3-4-13-17-12(15)9-14(18-13)16-11-7-5-10(2)6-8-11/h5-9H,3-4H2,1-2H3,(H,16,17,18). The Bertz CT molecular complexity index is 523. The third-order valence-electron chi connectivity index (χ3n) is 2.54. The number of nitrogens with one attached hydrogen (secondary N) is 1. The molecule has 3 nitrogen and oxygen atoms in total. The smallest absolute Gasteiger partial charge is 0.135 e. The minimum Gasteiger partial charge on any atom is -0.340 e. The van der Waals surface area contributed by atoms with E-state index in [1.165, 1.54) is 5.56 Å². The van der Waals surface area contributed by atoms with Crippen LogP contribution in [0, 0.1) is 6.92 Å². The van der Waals surface area contributed by atoms with E-state index in [0.29, 0.717) is 0 Å². The molecule has 0 saturated carbocycles. The molecule has 1 aromatic heterocycles. The molecule has 1 heterocycles. The van der Waals surface area contributed by atoms with E-state index in [2.05, 4.69) is 57.2 Å². The van der Waals surface area contributed by atoms with Crippen LogP contribution in [0.5, 0.6) is 0 Å². The van der Waals surface area contributed by atoms with Crippen LogP contribution in [0.2, 0.25) is 0 Å². The largest absolute Gasteiger partial charge is 0.340 e. The van der Waals surface area contributed by atoms with E-state index >= 15 is 0 Å². The lowest BCUT2D eigenvalue weighted by Gasteiger charge is -2.08. The van der Waals surface area contributed by atoms with Crippen LogP contribution in [0.3, 0.4) is 0 Å². The first-order valence-electron chi connectivity index (χ1n) is 6.04. The molecule has 0 aliphatic rings. The van der Waals surface area contributed by atoms with Gasteiger partial charge in [-0.2, -0.15) is 0 Å². The molecule has 0 atom stereocenters. The third-order valence-corrected chi connectivity index (χ3v) is 2.95. The summed E-state index contributed by atoms with van der Waals surface area (Å²) in [7, 11) is 0. The van der Waals surface area contributed by atoms with Gasteiger partial charge in [-0.25, -0.2) is 9.97 Å². The number of hydrogen-bond donors (Lipinski definition) is 1. The lowest BCUT2D eigenvalue weighted by molar-refractivity contribution is 0.831. The van der Waals surface area contributed by atoms with Crippen LogP contribution in [-0.4, -0.2) is 9.97 Å². The number of benzene rings is 1. The lowest BCUT2D eigenvalue weighted by atomic mass is 10.2. The van der Waals surface area contributed by atoms with Gasteiger partial charge in [-0.15, -0.1) is 0 Å². The zero-order chi connectivity index (χ0) is 13.0. The molecule has 1 aromatic carbocycles. The van der Waals surface area contributed by atoms with Crippen molar-refractivity contribution in [1.82, 2.24) is 9.97 Å². The van der Waals surface area contributed by atoms with Gasteiger partial charge >= 0.3 is 0 Å². The van der Waals surface area contributed by atoms with E-state index in [0.717, 1.165) is 34.8 Å². The molecule has 0 radical (unpaired) electrons. The highest BCUT2D eigenvalue weighted by Crippen LogP contribution is 2.18. The first-order valence-corrected chi connectivity index (χ1v) is 6.84. The molecule has 0 saturated heterocycles. The van der Waals surface area contributed by atoms with Crippen LogP contribution >= 0.6 is 15.9 Å². The minimum atomic E-state index is 0.815.